The largest absolute Gasteiger partial charge is 0.365 e. The van der Waals surface area contributed by atoms with Crippen LogP contribution in [-0.2, 0) is 0 Å². The van der Waals surface area contributed by atoms with Crippen LogP contribution in [0.5, 0.6) is 0 Å². The van der Waals surface area contributed by atoms with E-state index in [0.29, 0.717) is 6.04 Å². The molecule has 1 fully saturated rings. The van der Waals surface area contributed by atoms with Crippen LogP contribution in [0.25, 0.3) is 0 Å². The second kappa shape index (κ2) is 5.81. The Balaban J connectivity index is 2.28. The molecule has 2 N–H and O–H groups in total. The van der Waals surface area contributed by atoms with E-state index in [-0.39, 0.29) is 5.54 Å². The lowest BCUT2D eigenvalue weighted by Gasteiger charge is -2.51. The zero-order valence-corrected chi connectivity index (χ0v) is 13.7. The van der Waals surface area contributed by atoms with Gasteiger partial charge in [-0.15, -0.1) is 0 Å². The highest BCUT2D eigenvalue weighted by Gasteiger charge is 2.36. The molecule has 2 rings (SSSR count). The summed E-state index contributed by atoms with van der Waals surface area (Å²) in [6.07, 6.45) is 1.03. The molecular weight excluding hydrogens is 302 g/mol. The van der Waals surface area contributed by atoms with Crippen LogP contribution in [0.1, 0.15) is 20.3 Å². The van der Waals surface area contributed by atoms with E-state index in [4.69, 9.17) is 5.73 Å². The van der Waals surface area contributed by atoms with Crippen LogP contribution in [0.3, 0.4) is 0 Å². The molecule has 106 valence electrons. The van der Waals surface area contributed by atoms with Crippen LogP contribution < -0.4 is 10.6 Å². The minimum atomic E-state index is 0.188. The first-order valence-corrected chi connectivity index (χ1v) is 7.67. The maximum atomic E-state index is 5.79. The van der Waals surface area contributed by atoms with Gasteiger partial charge in [-0.05, 0) is 52.1 Å². The van der Waals surface area contributed by atoms with Crippen LogP contribution in [0.15, 0.2) is 28.7 Å². The molecule has 0 bridgehead atoms. The SMILES string of the molecule is CN1CC(CCN)N(c2cccc(Br)c2)CC1(C)C. The van der Waals surface area contributed by atoms with Gasteiger partial charge in [0, 0.05) is 34.8 Å². The summed E-state index contributed by atoms with van der Waals surface area (Å²) in [5.41, 5.74) is 7.26. The Bertz CT molecular complexity index is 433. The normalized spacial score (nSPS) is 23.6. The van der Waals surface area contributed by atoms with Crippen molar-refractivity contribution in [2.75, 3.05) is 31.6 Å². The van der Waals surface area contributed by atoms with E-state index < -0.39 is 0 Å². The minimum absolute atomic E-state index is 0.188. The van der Waals surface area contributed by atoms with Gasteiger partial charge in [-0.25, -0.2) is 0 Å². The zero-order chi connectivity index (χ0) is 14.0. The summed E-state index contributed by atoms with van der Waals surface area (Å²) in [7, 11) is 2.21. The molecule has 0 saturated carbocycles. The number of benzene rings is 1. The number of rotatable bonds is 3. The smallest absolute Gasteiger partial charge is 0.0430 e. The minimum Gasteiger partial charge on any atom is -0.365 e. The monoisotopic (exact) mass is 325 g/mol. The van der Waals surface area contributed by atoms with E-state index >= 15 is 0 Å². The third-order valence-electron chi connectivity index (χ3n) is 4.16. The summed E-state index contributed by atoms with van der Waals surface area (Å²) in [4.78, 5) is 4.96. The highest BCUT2D eigenvalue weighted by atomic mass is 79.9. The van der Waals surface area contributed by atoms with Crippen molar-refractivity contribution in [3.8, 4) is 0 Å². The highest BCUT2D eigenvalue weighted by molar-refractivity contribution is 9.10. The Labute approximate surface area is 124 Å². The van der Waals surface area contributed by atoms with Gasteiger partial charge in [-0.1, -0.05) is 22.0 Å². The van der Waals surface area contributed by atoms with E-state index in [1.807, 2.05) is 0 Å². The van der Waals surface area contributed by atoms with Gasteiger partial charge in [-0.2, -0.15) is 0 Å². The highest BCUT2D eigenvalue weighted by Crippen LogP contribution is 2.30. The number of likely N-dealkylation sites (N-methyl/N-ethyl adjacent to an activating group) is 1. The van der Waals surface area contributed by atoms with E-state index in [1.54, 1.807) is 0 Å². The molecule has 1 aromatic carbocycles. The van der Waals surface area contributed by atoms with E-state index in [9.17, 15) is 0 Å². The summed E-state index contributed by atoms with van der Waals surface area (Å²) < 4.78 is 1.13. The Morgan fingerprint density at radius 2 is 2.16 bits per heavy atom. The second-order valence-electron chi connectivity index (χ2n) is 6.03. The van der Waals surface area contributed by atoms with Gasteiger partial charge < -0.3 is 10.6 Å². The predicted octanol–water partition coefficient (Wildman–Crippen LogP) is 2.70. The van der Waals surface area contributed by atoms with E-state index in [0.717, 1.165) is 30.5 Å². The predicted molar refractivity (Wildman–Crippen MR) is 85.7 cm³/mol. The van der Waals surface area contributed by atoms with Crippen molar-refractivity contribution in [2.45, 2.75) is 31.8 Å². The molecule has 0 amide bonds. The number of nitrogens with zero attached hydrogens (tertiary/aromatic N) is 2. The molecule has 1 atom stereocenters. The summed E-state index contributed by atoms with van der Waals surface area (Å²) >= 11 is 3.57. The molecule has 1 saturated heterocycles. The molecular formula is C15H24BrN3. The fourth-order valence-electron chi connectivity index (χ4n) is 2.72. The van der Waals surface area contributed by atoms with Crippen molar-refractivity contribution in [3.63, 3.8) is 0 Å². The number of hydrogen-bond donors (Lipinski definition) is 1. The maximum Gasteiger partial charge on any atom is 0.0430 e. The van der Waals surface area contributed by atoms with Crippen LogP contribution in [0, 0.1) is 0 Å². The molecule has 4 heteroatoms. The maximum absolute atomic E-state index is 5.79. The van der Waals surface area contributed by atoms with Crippen molar-refractivity contribution in [3.05, 3.63) is 28.7 Å². The Morgan fingerprint density at radius 1 is 1.42 bits per heavy atom. The molecule has 1 heterocycles. The molecule has 1 aliphatic rings. The summed E-state index contributed by atoms with van der Waals surface area (Å²) in [5, 5.41) is 0. The summed E-state index contributed by atoms with van der Waals surface area (Å²) in [6, 6.07) is 9.06. The summed E-state index contributed by atoms with van der Waals surface area (Å²) in [6.45, 7) is 7.44. The van der Waals surface area contributed by atoms with Crippen molar-refractivity contribution < 1.29 is 0 Å². The number of hydrogen-bond acceptors (Lipinski definition) is 3. The quantitative estimate of drug-likeness (QED) is 0.927. The zero-order valence-electron chi connectivity index (χ0n) is 12.1. The molecule has 19 heavy (non-hydrogen) atoms. The van der Waals surface area contributed by atoms with Crippen molar-refractivity contribution in [1.29, 1.82) is 0 Å². The van der Waals surface area contributed by atoms with Gasteiger partial charge >= 0.3 is 0 Å². The summed E-state index contributed by atoms with van der Waals surface area (Å²) in [5.74, 6) is 0. The molecule has 0 radical (unpaired) electrons. The van der Waals surface area contributed by atoms with Gasteiger partial charge in [-0.3, -0.25) is 4.90 Å². The van der Waals surface area contributed by atoms with Gasteiger partial charge in [0.25, 0.3) is 0 Å². The number of halogens is 1. The second-order valence-corrected chi connectivity index (χ2v) is 6.95. The Kier molecular flexibility index (Phi) is 4.54. The molecule has 1 aliphatic heterocycles. The Hall–Kier alpha value is -0.580. The van der Waals surface area contributed by atoms with Gasteiger partial charge in [0.1, 0.15) is 0 Å². The van der Waals surface area contributed by atoms with Gasteiger partial charge in [0.05, 0.1) is 0 Å². The van der Waals surface area contributed by atoms with Gasteiger partial charge in [0.2, 0.25) is 0 Å². The van der Waals surface area contributed by atoms with Gasteiger partial charge in [0.15, 0.2) is 0 Å². The average Bonchev–Trinajstić information content (AvgIpc) is 2.34. The average molecular weight is 326 g/mol. The first kappa shape index (κ1) is 14.8. The molecule has 0 spiro atoms. The molecule has 0 aliphatic carbocycles. The van der Waals surface area contributed by atoms with Crippen LogP contribution in [-0.4, -0.2) is 43.2 Å². The van der Waals surface area contributed by atoms with Crippen LogP contribution in [0.4, 0.5) is 5.69 Å². The lowest BCUT2D eigenvalue weighted by Crippen LogP contribution is -2.62. The number of piperazine rings is 1. The topological polar surface area (TPSA) is 32.5 Å². The molecule has 1 unspecified atom stereocenters. The van der Waals surface area contributed by atoms with Crippen LogP contribution >= 0.6 is 15.9 Å². The van der Waals surface area contributed by atoms with Crippen LogP contribution in [0.2, 0.25) is 0 Å². The van der Waals surface area contributed by atoms with E-state index in [1.165, 1.54) is 5.69 Å². The number of anilines is 1. The molecule has 0 aromatic heterocycles. The fourth-order valence-corrected chi connectivity index (χ4v) is 3.11. The van der Waals surface area contributed by atoms with Crippen molar-refractivity contribution >= 4 is 21.6 Å². The lowest BCUT2D eigenvalue weighted by molar-refractivity contribution is 0.113. The molecule has 1 aromatic rings. The number of nitrogens with two attached hydrogens (primary N) is 1. The molecule has 3 nitrogen and oxygen atoms in total. The van der Waals surface area contributed by atoms with Crippen molar-refractivity contribution in [1.82, 2.24) is 4.90 Å². The Morgan fingerprint density at radius 3 is 2.79 bits per heavy atom. The lowest BCUT2D eigenvalue weighted by atomic mass is 9.94. The standard InChI is InChI=1S/C15H24BrN3/c1-15(2)11-19(13-6-4-5-12(16)9-13)14(7-8-17)10-18(15)3/h4-6,9,14H,7-8,10-11,17H2,1-3H3. The first-order valence-electron chi connectivity index (χ1n) is 6.87. The fraction of sp³-hybridized carbons (Fsp3) is 0.600. The third-order valence-corrected chi connectivity index (χ3v) is 4.65. The van der Waals surface area contributed by atoms with Crippen molar-refractivity contribution in [2.24, 2.45) is 5.73 Å². The third kappa shape index (κ3) is 3.30. The van der Waals surface area contributed by atoms with E-state index in [2.05, 4.69) is 70.9 Å². The first-order chi connectivity index (χ1) is 8.94.